The van der Waals surface area contributed by atoms with Gasteiger partial charge in [-0.25, -0.2) is 0 Å². The van der Waals surface area contributed by atoms with E-state index < -0.39 is 11.9 Å². The van der Waals surface area contributed by atoms with Crippen molar-refractivity contribution in [1.82, 2.24) is 9.78 Å². The number of aryl methyl sites for hydroxylation is 1. The van der Waals surface area contributed by atoms with E-state index in [1.54, 1.807) is 0 Å². The van der Waals surface area contributed by atoms with Gasteiger partial charge in [-0.3, -0.25) is 4.68 Å². The number of thiophene rings is 1. The molecule has 0 N–H and O–H groups in total. The average Bonchev–Trinajstić information content (AvgIpc) is 2.80. The molecule has 0 bridgehead atoms. The Morgan fingerprint density at radius 3 is 2.21 bits per heavy atom. The van der Waals surface area contributed by atoms with Crippen molar-refractivity contribution >= 4 is 11.3 Å². The second-order valence-electron chi connectivity index (χ2n) is 5.45. The average molecular weight is 288 g/mol. The number of alkyl halides is 3. The molecule has 0 aliphatic rings. The minimum atomic E-state index is -4.40. The Kier molecular flexibility index (Phi) is 3.24. The first-order valence-electron chi connectivity index (χ1n) is 5.81. The molecular formula is C13H15F3N2S. The fraction of sp³-hybridized carbons (Fsp3) is 0.462. The molecule has 2 aromatic heterocycles. The summed E-state index contributed by atoms with van der Waals surface area (Å²) in [5.74, 6) is 0. The van der Waals surface area contributed by atoms with Crippen LogP contribution < -0.4 is 0 Å². The zero-order chi connectivity index (χ0) is 14.4. The minimum Gasteiger partial charge on any atom is -0.267 e. The SMILES string of the molecule is Cn1nc(C(F)(F)F)cc1-c1ccc(C(C)(C)C)s1. The molecule has 104 valence electrons. The van der Waals surface area contributed by atoms with Gasteiger partial charge < -0.3 is 0 Å². The summed E-state index contributed by atoms with van der Waals surface area (Å²) in [5, 5.41) is 3.53. The number of hydrogen-bond donors (Lipinski definition) is 0. The molecule has 2 aromatic rings. The van der Waals surface area contributed by atoms with E-state index >= 15 is 0 Å². The van der Waals surface area contributed by atoms with Crippen molar-refractivity contribution in [2.45, 2.75) is 32.4 Å². The largest absolute Gasteiger partial charge is 0.435 e. The summed E-state index contributed by atoms with van der Waals surface area (Å²) in [6, 6.07) is 4.90. The fourth-order valence-electron chi connectivity index (χ4n) is 1.72. The zero-order valence-electron chi connectivity index (χ0n) is 11.2. The molecule has 2 rings (SSSR count). The first-order chi connectivity index (χ1) is 8.59. The van der Waals surface area contributed by atoms with Crippen LogP contribution in [-0.4, -0.2) is 9.78 Å². The van der Waals surface area contributed by atoms with Crippen molar-refractivity contribution in [1.29, 1.82) is 0 Å². The number of aromatic nitrogens is 2. The molecule has 0 saturated heterocycles. The van der Waals surface area contributed by atoms with Crippen LogP contribution in [0.15, 0.2) is 18.2 Å². The van der Waals surface area contributed by atoms with Gasteiger partial charge in [0, 0.05) is 11.9 Å². The Morgan fingerprint density at radius 2 is 1.79 bits per heavy atom. The summed E-state index contributed by atoms with van der Waals surface area (Å²) in [5.41, 5.74) is -0.363. The summed E-state index contributed by atoms with van der Waals surface area (Å²) in [6.45, 7) is 6.23. The van der Waals surface area contributed by atoms with Crippen LogP contribution in [0.5, 0.6) is 0 Å². The van der Waals surface area contributed by atoms with Gasteiger partial charge in [0.25, 0.3) is 0 Å². The van der Waals surface area contributed by atoms with Crippen LogP contribution in [0.25, 0.3) is 10.6 Å². The molecule has 6 heteroatoms. The number of hydrogen-bond acceptors (Lipinski definition) is 2. The summed E-state index contributed by atoms with van der Waals surface area (Å²) < 4.78 is 39.1. The molecule has 0 aliphatic carbocycles. The molecule has 2 nitrogen and oxygen atoms in total. The van der Waals surface area contributed by atoms with E-state index in [0.29, 0.717) is 5.69 Å². The quantitative estimate of drug-likeness (QED) is 0.757. The van der Waals surface area contributed by atoms with Crippen LogP contribution in [0.1, 0.15) is 31.3 Å². The number of halogens is 3. The van der Waals surface area contributed by atoms with E-state index in [1.165, 1.54) is 23.1 Å². The first kappa shape index (κ1) is 14.1. The van der Waals surface area contributed by atoms with Gasteiger partial charge in [0.2, 0.25) is 0 Å². The van der Waals surface area contributed by atoms with E-state index in [0.717, 1.165) is 15.8 Å². The van der Waals surface area contributed by atoms with Crippen LogP contribution in [-0.2, 0) is 18.6 Å². The van der Waals surface area contributed by atoms with Crippen molar-refractivity contribution in [2.24, 2.45) is 7.05 Å². The highest BCUT2D eigenvalue weighted by atomic mass is 32.1. The molecular weight excluding hydrogens is 273 g/mol. The Bertz CT molecular complexity index is 588. The Labute approximate surface area is 113 Å². The van der Waals surface area contributed by atoms with E-state index in [2.05, 4.69) is 25.9 Å². The highest BCUT2D eigenvalue weighted by Gasteiger charge is 2.34. The van der Waals surface area contributed by atoms with E-state index in [1.807, 2.05) is 12.1 Å². The van der Waals surface area contributed by atoms with Crippen LogP contribution >= 0.6 is 11.3 Å². The maximum absolute atomic E-state index is 12.6. The lowest BCUT2D eigenvalue weighted by molar-refractivity contribution is -0.141. The van der Waals surface area contributed by atoms with E-state index in [4.69, 9.17) is 0 Å². The van der Waals surface area contributed by atoms with Crippen molar-refractivity contribution in [2.75, 3.05) is 0 Å². The summed E-state index contributed by atoms with van der Waals surface area (Å²) in [6.07, 6.45) is -4.40. The highest BCUT2D eigenvalue weighted by Crippen LogP contribution is 2.37. The third-order valence-electron chi connectivity index (χ3n) is 2.77. The lowest BCUT2D eigenvalue weighted by atomic mass is 9.95. The Hall–Kier alpha value is -1.30. The van der Waals surface area contributed by atoms with Crippen molar-refractivity contribution in [3.63, 3.8) is 0 Å². The fourth-order valence-corrected chi connectivity index (χ4v) is 2.83. The van der Waals surface area contributed by atoms with Crippen LogP contribution in [0, 0.1) is 0 Å². The van der Waals surface area contributed by atoms with Gasteiger partial charge in [0.1, 0.15) is 0 Å². The molecule has 0 saturated carbocycles. The van der Waals surface area contributed by atoms with Gasteiger partial charge in [0.05, 0.1) is 10.6 Å². The Balaban J connectivity index is 2.43. The van der Waals surface area contributed by atoms with Crippen LogP contribution in [0.3, 0.4) is 0 Å². The zero-order valence-corrected chi connectivity index (χ0v) is 12.0. The van der Waals surface area contributed by atoms with E-state index in [9.17, 15) is 13.2 Å². The van der Waals surface area contributed by atoms with Crippen molar-refractivity contribution in [3.8, 4) is 10.6 Å². The van der Waals surface area contributed by atoms with Gasteiger partial charge in [-0.15, -0.1) is 11.3 Å². The van der Waals surface area contributed by atoms with Gasteiger partial charge in [-0.2, -0.15) is 18.3 Å². The van der Waals surface area contributed by atoms with Gasteiger partial charge in [-0.05, 0) is 23.6 Å². The maximum atomic E-state index is 12.6. The van der Waals surface area contributed by atoms with Gasteiger partial charge in [0.15, 0.2) is 5.69 Å². The lowest BCUT2D eigenvalue weighted by Crippen LogP contribution is -2.07. The molecule has 0 aromatic carbocycles. The lowest BCUT2D eigenvalue weighted by Gasteiger charge is -2.15. The predicted molar refractivity (Wildman–Crippen MR) is 70.2 cm³/mol. The molecule has 0 aliphatic heterocycles. The van der Waals surface area contributed by atoms with Crippen molar-refractivity contribution < 1.29 is 13.2 Å². The first-order valence-corrected chi connectivity index (χ1v) is 6.62. The molecule has 0 atom stereocenters. The van der Waals surface area contributed by atoms with Gasteiger partial charge >= 0.3 is 6.18 Å². The Morgan fingerprint density at radius 1 is 1.16 bits per heavy atom. The number of rotatable bonds is 1. The van der Waals surface area contributed by atoms with Crippen LogP contribution in [0.2, 0.25) is 0 Å². The second-order valence-corrected chi connectivity index (χ2v) is 6.53. The molecule has 19 heavy (non-hydrogen) atoms. The third-order valence-corrected chi connectivity index (χ3v) is 4.30. The highest BCUT2D eigenvalue weighted by molar-refractivity contribution is 7.15. The molecule has 0 unspecified atom stereocenters. The smallest absolute Gasteiger partial charge is 0.267 e. The summed E-state index contributed by atoms with van der Waals surface area (Å²) >= 11 is 1.50. The number of nitrogens with zero attached hydrogens (tertiary/aromatic N) is 2. The molecule has 0 amide bonds. The monoisotopic (exact) mass is 288 g/mol. The molecule has 0 fully saturated rings. The summed E-state index contributed by atoms with van der Waals surface area (Å²) in [7, 11) is 1.53. The van der Waals surface area contributed by atoms with Crippen LogP contribution in [0.4, 0.5) is 13.2 Å². The predicted octanol–water partition coefficient (Wildman–Crippen LogP) is 4.46. The maximum Gasteiger partial charge on any atom is 0.435 e. The van der Waals surface area contributed by atoms with Crippen molar-refractivity contribution in [3.05, 3.63) is 28.8 Å². The standard InChI is InChI=1S/C13H15F3N2S/c1-12(2,3)11-6-5-9(19-11)8-7-10(13(14,15)16)17-18(8)4/h5-7H,1-4H3. The molecule has 2 heterocycles. The second kappa shape index (κ2) is 4.37. The topological polar surface area (TPSA) is 17.8 Å². The molecule has 0 spiro atoms. The molecule has 0 radical (unpaired) electrons. The minimum absolute atomic E-state index is 0.00559. The van der Waals surface area contributed by atoms with Gasteiger partial charge in [-0.1, -0.05) is 20.8 Å². The van der Waals surface area contributed by atoms with E-state index in [-0.39, 0.29) is 5.41 Å². The normalized spacial score (nSPS) is 13.0. The third kappa shape index (κ3) is 2.83. The summed E-state index contributed by atoms with van der Waals surface area (Å²) in [4.78, 5) is 1.94.